The van der Waals surface area contributed by atoms with Crippen LogP contribution in [0.25, 0.3) is 0 Å². The average Bonchev–Trinajstić information content (AvgIpc) is 2.91. The molecule has 5 heteroatoms. The monoisotopic (exact) mass is 250 g/mol. The second-order valence-electron chi connectivity index (χ2n) is 4.06. The molecule has 1 unspecified atom stereocenters. The van der Waals surface area contributed by atoms with Gasteiger partial charge in [0.2, 0.25) is 0 Å². The smallest absolute Gasteiger partial charge is 0.116 e. The van der Waals surface area contributed by atoms with E-state index >= 15 is 0 Å². The third-order valence-electron chi connectivity index (χ3n) is 2.68. The van der Waals surface area contributed by atoms with E-state index in [9.17, 15) is 0 Å². The third-order valence-corrected chi connectivity index (χ3v) is 3.70. The molecule has 0 aromatic carbocycles. The molecule has 1 atom stereocenters. The van der Waals surface area contributed by atoms with Crippen molar-refractivity contribution in [2.45, 2.75) is 32.9 Å². The second-order valence-corrected chi connectivity index (χ2v) is 4.95. The van der Waals surface area contributed by atoms with Gasteiger partial charge in [-0.1, -0.05) is 6.92 Å². The van der Waals surface area contributed by atoms with Gasteiger partial charge in [-0.05, 0) is 20.4 Å². The molecular weight excluding hydrogens is 232 g/mol. The van der Waals surface area contributed by atoms with Gasteiger partial charge in [0.25, 0.3) is 0 Å². The zero-order chi connectivity index (χ0) is 12.3. The van der Waals surface area contributed by atoms with Crippen molar-refractivity contribution in [2.75, 3.05) is 7.05 Å². The molecule has 2 aromatic rings. The minimum absolute atomic E-state index is 0.141. The highest BCUT2D eigenvalue weighted by molar-refractivity contribution is 7.09. The van der Waals surface area contributed by atoms with E-state index in [0.29, 0.717) is 0 Å². The summed E-state index contributed by atoms with van der Waals surface area (Å²) in [5.41, 5.74) is 2.26. The first-order valence-electron chi connectivity index (χ1n) is 5.85. The van der Waals surface area contributed by atoms with Crippen molar-refractivity contribution < 1.29 is 0 Å². The van der Waals surface area contributed by atoms with Crippen molar-refractivity contribution in [3.63, 3.8) is 0 Å². The molecule has 0 bridgehead atoms. The largest absolute Gasteiger partial charge is 0.333 e. The van der Waals surface area contributed by atoms with E-state index in [1.165, 1.54) is 5.69 Å². The number of hydrogen-bond acceptors (Lipinski definition) is 4. The van der Waals surface area contributed by atoms with Crippen LogP contribution >= 0.6 is 11.3 Å². The molecule has 0 aliphatic carbocycles. The molecule has 1 N–H and O–H groups in total. The maximum atomic E-state index is 4.55. The van der Waals surface area contributed by atoms with Crippen molar-refractivity contribution in [2.24, 2.45) is 0 Å². The normalized spacial score (nSPS) is 12.9. The van der Waals surface area contributed by atoms with Gasteiger partial charge in [0, 0.05) is 17.6 Å². The fourth-order valence-corrected chi connectivity index (χ4v) is 2.82. The maximum absolute atomic E-state index is 4.55. The Morgan fingerprint density at radius 2 is 2.35 bits per heavy atom. The van der Waals surface area contributed by atoms with Gasteiger partial charge in [-0.25, -0.2) is 9.97 Å². The first kappa shape index (κ1) is 12.3. The van der Waals surface area contributed by atoms with Crippen molar-refractivity contribution >= 4 is 11.3 Å². The maximum Gasteiger partial charge on any atom is 0.116 e. The minimum Gasteiger partial charge on any atom is -0.333 e. The first-order chi connectivity index (χ1) is 8.26. The lowest BCUT2D eigenvalue weighted by molar-refractivity contribution is 0.581. The first-order valence-corrected chi connectivity index (χ1v) is 6.73. The molecule has 2 aromatic heterocycles. The van der Waals surface area contributed by atoms with Crippen LogP contribution in [0.2, 0.25) is 0 Å². The van der Waals surface area contributed by atoms with Crippen LogP contribution < -0.4 is 5.32 Å². The molecule has 92 valence electrons. The van der Waals surface area contributed by atoms with Gasteiger partial charge in [0.15, 0.2) is 0 Å². The standard InChI is InChI=1S/C12H18N4S/c1-4-5-16-8-14-6-10(16)11(13-3)12-15-9(2)7-17-12/h6-8,11,13H,4-5H2,1-3H3. The molecule has 0 saturated heterocycles. The number of aryl methyl sites for hydroxylation is 2. The lowest BCUT2D eigenvalue weighted by atomic mass is 10.2. The van der Waals surface area contributed by atoms with Crippen LogP contribution in [-0.4, -0.2) is 21.6 Å². The van der Waals surface area contributed by atoms with Gasteiger partial charge in [-0.2, -0.15) is 0 Å². The Morgan fingerprint density at radius 3 is 2.94 bits per heavy atom. The number of rotatable bonds is 5. The molecule has 0 radical (unpaired) electrons. The molecule has 0 fully saturated rings. The highest BCUT2D eigenvalue weighted by atomic mass is 32.1. The van der Waals surface area contributed by atoms with Gasteiger partial charge in [-0.15, -0.1) is 11.3 Å². The Bertz CT molecular complexity index is 474. The fourth-order valence-electron chi connectivity index (χ4n) is 1.90. The lowest BCUT2D eigenvalue weighted by Crippen LogP contribution is -2.20. The van der Waals surface area contributed by atoms with Crippen LogP contribution in [0.4, 0.5) is 0 Å². The van der Waals surface area contributed by atoms with Crippen LogP contribution in [0, 0.1) is 6.92 Å². The van der Waals surface area contributed by atoms with Crippen LogP contribution in [0.5, 0.6) is 0 Å². The van der Waals surface area contributed by atoms with Crippen LogP contribution in [0.15, 0.2) is 17.9 Å². The van der Waals surface area contributed by atoms with Crippen molar-refractivity contribution in [3.05, 3.63) is 34.3 Å². The number of nitrogens with one attached hydrogen (secondary N) is 1. The van der Waals surface area contributed by atoms with E-state index in [1.54, 1.807) is 11.3 Å². The SMILES string of the molecule is CCCn1cncc1C(NC)c1nc(C)cs1. The summed E-state index contributed by atoms with van der Waals surface area (Å²) in [5.74, 6) is 0. The molecule has 17 heavy (non-hydrogen) atoms. The highest BCUT2D eigenvalue weighted by Gasteiger charge is 2.18. The van der Waals surface area contributed by atoms with Gasteiger partial charge < -0.3 is 9.88 Å². The Labute approximate surface area is 106 Å². The number of imidazole rings is 1. The average molecular weight is 250 g/mol. The number of nitrogens with zero attached hydrogens (tertiary/aromatic N) is 3. The summed E-state index contributed by atoms with van der Waals surface area (Å²) in [4.78, 5) is 8.80. The van der Waals surface area contributed by atoms with Crippen molar-refractivity contribution in [1.29, 1.82) is 0 Å². The Morgan fingerprint density at radius 1 is 1.53 bits per heavy atom. The van der Waals surface area contributed by atoms with Gasteiger partial charge in [-0.3, -0.25) is 0 Å². The Balaban J connectivity index is 2.31. The van der Waals surface area contributed by atoms with Gasteiger partial charge in [0.05, 0.1) is 18.2 Å². The van der Waals surface area contributed by atoms with Crippen LogP contribution in [-0.2, 0) is 6.54 Å². The van der Waals surface area contributed by atoms with Crippen molar-refractivity contribution in [3.8, 4) is 0 Å². The summed E-state index contributed by atoms with van der Waals surface area (Å²) in [6.45, 7) is 5.19. The molecule has 0 aliphatic rings. The van der Waals surface area contributed by atoms with E-state index in [1.807, 2.05) is 26.5 Å². The summed E-state index contributed by atoms with van der Waals surface area (Å²) >= 11 is 1.69. The third kappa shape index (κ3) is 2.56. The van der Waals surface area contributed by atoms with Gasteiger partial charge >= 0.3 is 0 Å². The molecular formula is C12H18N4S. The number of hydrogen-bond donors (Lipinski definition) is 1. The van der Waals surface area contributed by atoms with Crippen molar-refractivity contribution in [1.82, 2.24) is 19.9 Å². The van der Waals surface area contributed by atoms with Crippen LogP contribution in [0.3, 0.4) is 0 Å². The highest BCUT2D eigenvalue weighted by Crippen LogP contribution is 2.24. The minimum atomic E-state index is 0.141. The quantitative estimate of drug-likeness (QED) is 0.886. The fraction of sp³-hybridized carbons (Fsp3) is 0.500. The molecule has 2 heterocycles. The summed E-state index contributed by atoms with van der Waals surface area (Å²) in [5, 5.41) is 6.50. The summed E-state index contributed by atoms with van der Waals surface area (Å²) in [6, 6.07) is 0.141. The second kappa shape index (κ2) is 5.42. The van der Waals surface area contributed by atoms with Crippen LogP contribution in [0.1, 0.15) is 35.8 Å². The topological polar surface area (TPSA) is 42.7 Å². The molecule has 4 nitrogen and oxygen atoms in total. The van der Waals surface area contributed by atoms with E-state index in [-0.39, 0.29) is 6.04 Å². The molecule has 0 amide bonds. The van der Waals surface area contributed by atoms with E-state index in [0.717, 1.165) is 23.7 Å². The predicted molar refractivity (Wildman–Crippen MR) is 70.3 cm³/mol. The Hall–Kier alpha value is -1.20. The lowest BCUT2D eigenvalue weighted by Gasteiger charge is -2.15. The molecule has 0 aliphatic heterocycles. The summed E-state index contributed by atoms with van der Waals surface area (Å²) < 4.78 is 2.19. The Kier molecular flexibility index (Phi) is 3.91. The zero-order valence-electron chi connectivity index (χ0n) is 10.5. The van der Waals surface area contributed by atoms with E-state index in [2.05, 4.69) is 32.2 Å². The zero-order valence-corrected chi connectivity index (χ0v) is 11.3. The number of thiazole rings is 1. The van der Waals surface area contributed by atoms with E-state index in [4.69, 9.17) is 0 Å². The van der Waals surface area contributed by atoms with Gasteiger partial charge in [0.1, 0.15) is 11.0 Å². The number of aromatic nitrogens is 3. The summed E-state index contributed by atoms with van der Waals surface area (Å²) in [6.07, 6.45) is 4.92. The molecule has 0 spiro atoms. The predicted octanol–water partition coefficient (Wildman–Crippen LogP) is 2.37. The summed E-state index contributed by atoms with van der Waals surface area (Å²) in [7, 11) is 1.96. The van der Waals surface area contributed by atoms with E-state index < -0.39 is 0 Å². The molecule has 2 rings (SSSR count). The molecule has 0 saturated carbocycles.